The third kappa shape index (κ3) is 6.36. The first-order chi connectivity index (χ1) is 16.5. The molecule has 0 saturated carbocycles. The third-order valence-electron chi connectivity index (χ3n) is 4.69. The van der Waals surface area contributed by atoms with Crippen LogP contribution < -0.4 is 20.1 Å². The van der Waals surface area contributed by atoms with Gasteiger partial charge in [0.05, 0.1) is 11.9 Å². The fourth-order valence-corrected chi connectivity index (χ4v) is 3.06. The van der Waals surface area contributed by atoms with E-state index in [1.807, 2.05) is 59.9 Å². The first-order valence-corrected chi connectivity index (χ1v) is 10.4. The molecule has 0 spiro atoms. The lowest BCUT2D eigenvalue weighted by atomic mass is 10.1. The van der Waals surface area contributed by atoms with Crippen molar-refractivity contribution >= 4 is 17.7 Å². The summed E-state index contributed by atoms with van der Waals surface area (Å²) in [5, 5.41) is 13.1. The predicted molar refractivity (Wildman–Crippen MR) is 126 cm³/mol. The zero-order valence-electron chi connectivity index (χ0n) is 18.0. The molecule has 1 heterocycles. The Labute approximate surface area is 195 Å². The second-order valence-electron chi connectivity index (χ2n) is 7.20. The Morgan fingerprint density at radius 3 is 2.24 bits per heavy atom. The molecular formula is C25H22N4O5. The van der Waals surface area contributed by atoms with Crippen molar-refractivity contribution in [2.45, 2.75) is 6.61 Å². The van der Waals surface area contributed by atoms with E-state index in [4.69, 9.17) is 14.6 Å². The molecule has 0 aliphatic carbocycles. The second kappa shape index (κ2) is 10.7. The number of nitrogens with zero attached hydrogens (tertiary/aromatic N) is 1. The molecule has 2 amide bonds. The second-order valence-corrected chi connectivity index (χ2v) is 7.20. The predicted octanol–water partition coefficient (Wildman–Crippen LogP) is 4.65. The maximum absolute atomic E-state index is 11.7. The number of carboxylic acid groups (broad SMARTS) is 1. The van der Waals surface area contributed by atoms with Gasteiger partial charge in [-0.05, 0) is 66.2 Å². The molecule has 9 heteroatoms. The summed E-state index contributed by atoms with van der Waals surface area (Å²) in [5.74, 6) is 2.30. The van der Waals surface area contributed by atoms with Gasteiger partial charge >= 0.3 is 6.09 Å². The lowest BCUT2D eigenvalue weighted by molar-refractivity contribution is -0.115. The van der Waals surface area contributed by atoms with E-state index in [-0.39, 0.29) is 6.54 Å². The molecule has 0 atom stereocenters. The van der Waals surface area contributed by atoms with Gasteiger partial charge in [-0.25, -0.2) is 9.78 Å². The number of para-hydroxylation sites is 1. The van der Waals surface area contributed by atoms with Gasteiger partial charge in [-0.3, -0.25) is 4.79 Å². The standard InChI is InChI=1S/C25H22N4O5/c30-24(15-27-25(31)32)28-18-8-12-21(13-9-18)34-20-10-6-17(7-11-20)22-14-26-23(29-22)16-33-19-4-2-1-3-5-19/h1-14,27H,15-16H2,(H,26,29)(H,28,30)(H,31,32). The zero-order valence-corrected chi connectivity index (χ0v) is 18.0. The Morgan fingerprint density at radius 1 is 0.882 bits per heavy atom. The number of aromatic nitrogens is 2. The summed E-state index contributed by atoms with van der Waals surface area (Å²) in [7, 11) is 0. The van der Waals surface area contributed by atoms with Gasteiger partial charge in [-0.1, -0.05) is 18.2 Å². The Kier molecular flexibility index (Phi) is 7.04. The number of imidazole rings is 1. The number of anilines is 1. The molecule has 4 rings (SSSR count). The van der Waals surface area contributed by atoms with Gasteiger partial charge in [-0.2, -0.15) is 0 Å². The van der Waals surface area contributed by atoms with Gasteiger partial charge in [0.15, 0.2) is 0 Å². The third-order valence-corrected chi connectivity index (χ3v) is 4.69. The van der Waals surface area contributed by atoms with Crippen LogP contribution in [0.15, 0.2) is 85.1 Å². The van der Waals surface area contributed by atoms with Gasteiger partial charge in [0.1, 0.15) is 36.2 Å². The molecule has 0 radical (unpaired) electrons. The zero-order chi connectivity index (χ0) is 23.8. The number of aromatic amines is 1. The Bertz CT molecular complexity index is 1240. The minimum absolute atomic E-state index is 0.322. The Hall–Kier alpha value is -4.79. The van der Waals surface area contributed by atoms with E-state index in [0.717, 1.165) is 22.8 Å². The van der Waals surface area contributed by atoms with Crippen LogP contribution in [-0.2, 0) is 11.4 Å². The Balaban J connectivity index is 1.30. The number of rotatable bonds is 9. The molecule has 0 aliphatic rings. The van der Waals surface area contributed by atoms with Crippen LogP contribution in [0.25, 0.3) is 11.3 Å². The van der Waals surface area contributed by atoms with Crippen LogP contribution in [0.2, 0.25) is 0 Å². The fourth-order valence-electron chi connectivity index (χ4n) is 3.06. The number of carbonyl (C=O) groups is 2. The van der Waals surface area contributed by atoms with Crippen LogP contribution in [0.1, 0.15) is 5.82 Å². The van der Waals surface area contributed by atoms with Crippen LogP contribution in [-0.4, -0.2) is 33.6 Å². The van der Waals surface area contributed by atoms with Crippen molar-refractivity contribution in [2.75, 3.05) is 11.9 Å². The van der Waals surface area contributed by atoms with Gasteiger partial charge in [0, 0.05) is 5.69 Å². The van der Waals surface area contributed by atoms with E-state index in [2.05, 4.69) is 15.3 Å². The van der Waals surface area contributed by atoms with Crippen LogP contribution in [0.4, 0.5) is 10.5 Å². The normalized spacial score (nSPS) is 10.4. The van der Waals surface area contributed by atoms with Crippen molar-refractivity contribution in [2.24, 2.45) is 0 Å². The summed E-state index contributed by atoms with van der Waals surface area (Å²) in [6, 6.07) is 23.9. The lowest BCUT2D eigenvalue weighted by Gasteiger charge is -2.09. The van der Waals surface area contributed by atoms with Crippen molar-refractivity contribution in [3.05, 3.63) is 90.9 Å². The SMILES string of the molecule is O=C(O)NCC(=O)Nc1ccc(Oc2ccc(-c3cnc(COc4ccccc4)[nH]3)cc2)cc1. The summed E-state index contributed by atoms with van der Waals surface area (Å²) in [4.78, 5) is 29.7. The number of benzene rings is 3. The molecule has 0 bridgehead atoms. The summed E-state index contributed by atoms with van der Waals surface area (Å²) in [6.45, 7) is 0.0234. The molecular weight excluding hydrogens is 436 g/mol. The highest BCUT2D eigenvalue weighted by atomic mass is 16.5. The largest absolute Gasteiger partial charge is 0.486 e. The highest BCUT2D eigenvalue weighted by molar-refractivity contribution is 5.93. The molecule has 0 unspecified atom stereocenters. The number of nitrogens with one attached hydrogen (secondary N) is 3. The van der Waals surface area contributed by atoms with Crippen molar-refractivity contribution in [3.8, 4) is 28.5 Å². The van der Waals surface area contributed by atoms with Crippen molar-refractivity contribution in [1.29, 1.82) is 0 Å². The lowest BCUT2D eigenvalue weighted by Crippen LogP contribution is -2.31. The fraction of sp³-hybridized carbons (Fsp3) is 0.0800. The molecule has 0 fully saturated rings. The van der Waals surface area contributed by atoms with Crippen LogP contribution >= 0.6 is 0 Å². The molecule has 9 nitrogen and oxygen atoms in total. The molecule has 34 heavy (non-hydrogen) atoms. The maximum Gasteiger partial charge on any atom is 0.405 e. The summed E-state index contributed by atoms with van der Waals surface area (Å²) < 4.78 is 11.6. The van der Waals surface area contributed by atoms with Crippen LogP contribution in [0, 0.1) is 0 Å². The van der Waals surface area contributed by atoms with E-state index < -0.39 is 12.0 Å². The van der Waals surface area contributed by atoms with Crippen LogP contribution in [0.3, 0.4) is 0 Å². The highest BCUT2D eigenvalue weighted by Crippen LogP contribution is 2.26. The number of hydrogen-bond donors (Lipinski definition) is 4. The van der Waals surface area contributed by atoms with Gasteiger partial charge in [-0.15, -0.1) is 0 Å². The number of hydrogen-bond acceptors (Lipinski definition) is 5. The van der Waals surface area contributed by atoms with Gasteiger partial charge in [0.25, 0.3) is 0 Å². The first kappa shape index (κ1) is 22.4. The molecule has 0 saturated heterocycles. The van der Waals surface area contributed by atoms with Crippen molar-refractivity contribution in [3.63, 3.8) is 0 Å². The van der Waals surface area contributed by atoms with E-state index in [1.54, 1.807) is 30.5 Å². The quantitative estimate of drug-likeness (QED) is 0.289. The number of carbonyl (C=O) groups excluding carboxylic acids is 1. The summed E-state index contributed by atoms with van der Waals surface area (Å²) in [6.07, 6.45) is 0.508. The van der Waals surface area contributed by atoms with Gasteiger partial charge in [0.2, 0.25) is 5.91 Å². The van der Waals surface area contributed by atoms with E-state index in [1.165, 1.54) is 0 Å². The minimum atomic E-state index is -1.25. The molecule has 4 aromatic rings. The van der Waals surface area contributed by atoms with E-state index in [9.17, 15) is 9.59 Å². The van der Waals surface area contributed by atoms with Crippen molar-refractivity contribution in [1.82, 2.24) is 15.3 Å². The highest BCUT2D eigenvalue weighted by Gasteiger charge is 2.07. The van der Waals surface area contributed by atoms with E-state index in [0.29, 0.717) is 23.8 Å². The smallest absolute Gasteiger partial charge is 0.405 e. The number of amides is 2. The molecule has 0 aliphatic heterocycles. The number of H-pyrrole nitrogens is 1. The molecule has 172 valence electrons. The maximum atomic E-state index is 11.7. The molecule has 1 aromatic heterocycles. The number of ether oxygens (including phenoxy) is 2. The topological polar surface area (TPSA) is 126 Å². The average molecular weight is 458 g/mol. The van der Waals surface area contributed by atoms with Crippen LogP contribution in [0.5, 0.6) is 17.2 Å². The first-order valence-electron chi connectivity index (χ1n) is 10.4. The summed E-state index contributed by atoms with van der Waals surface area (Å²) >= 11 is 0. The molecule has 3 aromatic carbocycles. The van der Waals surface area contributed by atoms with Gasteiger partial charge < -0.3 is 30.2 Å². The minimum Gasteiger partial charge on any atom is -0.486 e. The summed E-state index contributed by atoms with van der Waals surface area (Å²) in [5.41, 5.74) is 2.36. The van der Waals surface area contributed by atoms with Crippen molar-refractivity contribution < 1.29 is 24.2 Å². The van der Waals surface area contributed by atoms with E-state index >= 15 is 0 Å². The average Bonchev–Trinajstić information content (AvgIpc) is 3.33. The monoisotopic (exact) mass is 458 g/mol. The molecule has 4 N–H and O–H groups in total. The Morgan fingerprint density at radius 2 is 1.56 bits per heavy atom.